The number of ether oxygens (including phenoxy) is 3. The molecule has 28 heavy (non-hydrogen) atoms. The number of hydrogen-bond donors (Lipinski definition) is 0. The van der Waals surface area contributed by atoms with Crippen LogP contribution >= 0.6 is 0 Å². The molecule has 0 saturated heterocycles. The van der Waals surface area contributed by atoms with Crippen LogP contribution in [0.5, 0.6) is 17.2 Å². The van der Waals surface area contributed by atoms with Crippen molar-refractivity contribution >= 4 is 18.3 Å². The van der Waals surface area contributed by atoms with E-state index >= 15 is 0 Å². The second-order valence-electron chi connectivity index (χ2n) is 7.32. The molecule has 0 bridgehead atoms. The lowest BCUT2D eigenvalue weighted by molar-refractivity contribution is 0.0525. The first-order valence-corrected chi connectivity index (χ1v) is 10.0. The van der Waals surface area contributed by atoms with E-state index in [-0.39, 0.29) is 19.0 Å². The highest BCUT2D eigenvalue weighted by atomic mass is 16.5. The molecule has 2 aromatic carbocycles. The Morgan fingerprint density at radius 1 is 1.14 bits per heavy atom. The molecule has 6 heteroatoms. The molecule has 0 amide bonds. The highest BCUT2D eigenvalue weighted by Crippen LogP contribution is 2.36. The Hall–Kier alpha value is -2.47. The van der Waals surface area contributed by atoms with Gasteiger partial charge in [0.25, 0.3) is 0 Å². The first-order valence-electron chi connectivity index (χ1n) is 10.0. The van der Waals surface area contributed by atoms with Crippen LogP contribution in [0.2, 0.25) is 6.82 Å². The third kappa shape index (κ3) is 4.02. The minimum absolute atomic E-state index is 0.120. The Morgan fingerprint density at radius 2 is 1.96 bits per heavy atom. The normalized spacial score (nSPS) is 16.1. The number of hydrogen-bond acceptors (Lipinski definition) is 5. The van der Waals surface area contributed by atoms with Crippen LogP contribution < -0.4 is 14.9 Å². The molecule has 0 radical (unpaired) electrons. The highest BCUT2D eigenvalue weighted by Gasteiger charge is 2.24. The topological polar surface area (TPSA) is 54.0 Å². The molecule has 146 valence electrons. The van der Waals surface area contributed by atoms with E-state index in [1.807, 2.05) is 25.0 Å². The average molecular weight is 380 g/mol. The predicted octanol–water partition coefficient (Wildman–Crippen LogP) is 4.34. The van der Waals surface area contributed by atoms with Crippen LogP contribution in [-0.4, -0.2) is 25.6 Å². The van der Waals surface area contributed by atoms with Gasteiger partial charge in [0.2, 0.25) is 0 Å². The van der Waals surface area contributed by atoms with Crippen molar-refractivity contribution in [1.29, 1.82) is 0 Å². The molecule has 0 spiro atoms. The lowest BCUT2D eigenvalue weighted by Gasteiger charge is -2.18. The van der Waals surface area contributed by atoms with Crippen molar-refractivity contribution in [3.63, 3.8) is 0 Å². The van der Waals surface area contributed by atoms with E-state index in [0.29, 0.717) is 30.3 Å². The standard InChI is InChI=1S/C22H25BO5/c1-3-25-22(24)15-8-11-20(21(13-15)27-17-6-4-5-7-17)28-18-9-10-19-16(12-18)14-26-23(19)2/h8-13,17H,3-7,14H2,1-2H3. The van der Waals surface area contributed by atoms with Crippen molar-refractivity contribution in [3.8, 4) is 17.2 Å². The van der Waals surface area contributed by atoms with Crippen molar-refractivity contribution in [2.45, 2.75) is 52.1 Å². The number of fused-ring (bicyclic) bond motifs is 1. The Kier molecular flexibility index (Phi) is 5.58. The Balaban J connectivity index is 1.60. The number of carbonyl (C=O) groups is 1. The summed E-state index contributed by atoms with van der Waals surface area (Å²) in [7, 11) is 0. The van der Waals surface area contributed by atoms with Crippen LogP contribution in [0.1, 0.15) is 48.5 Å². The zero-order chi connectivity index (χ0) is 19.5. The molecule has 1 heterocycles. The Bertz CT molecular complexity index is 860. The molecule has 0 aromatic heterocycles. The average Bonchev–Trinajstić information content (AvgIpc) is 3.33. The van der Waals surface area contributed by atoms with Crippen LogP contribution in [0.15, 0.2) is 36.4 Å². The van der Waals surface area contributed by atoms with Crippen LogP contribution in [0.3, 0.4) is 0 Å². The molecule has 2 aliphatic rings. The second kappa shape index (κ2) is 8.27. The zero-order valence-corrected chi connectivity index (χ0v) is 16.4. The van der Waals surface area contributed by atoms with Gasteiger partial charge in [0.1, 0.15) is 5.75 Å². The minimum Gasteiger partial charge on any atom is -0.486 e. The van der Waals surface area contributed by atoms with Crippen molar-refractivity contribution in [1.82, 2.24) is 0 Å². The maximum atomic E-state index is 12.1. The Labute approximate surface area is 166 Å². The summed E-state index contributed by atoms with van der Waals surface area (Å²) >= 11 is 0. The lowest BCUT2D eigenvalue weighted by Crippen LogP contribution is -2.23. The summed E-state index contributed by atoms with van der Waals surface area (Å²) in [4.78, 5) is 12.1. The van der Waals surface area contributed by atoms with Gasteiger partial charge in [0, 0.05) is 0 Å². The van der Waals surface area contributed by atoms with E-state index in [0.717, 1.165) is 24.2 Å². The van der Waals surface area contributed by atoms with E-state index in [4.69, 9.17) is 18.9 Å². The van der Waals surface area contributed by atoms with E-state index in [1.165, 1.54) is 18.3 Å². The number of benzene rings is 2. The fourth-order valence-corrected chi connectivity index (χ4v) is 3.81. The molecule has 4 rings (SSSR count). The van der Waals surface area contributed by atoms with Crippen molar-refractivity contribution in [2.75, 3.05) is 6.61 Å². The quantitative estimate of drug-likeness (QED) is 0.551. The smallest absolute Gasteiger partial charge is 0.338 e. The summed E-state index contributed by atoms with van der Waals surface area (Å²) in [5.41, 5.74) is 2.82. The number of esters is 1. The molecule has 2 aromatic rings. The first kappa shape index (κ1) is 18.9. The van der Waals surface area contributed by atoms with Gasteiger partial charge in [-0.1, -0.05) is 12.9 Å². The third-order valence-corrected chi connectivity index (χ3v) is 5.32. The lowest BCUT2D eigenvalue weighted by atomic mass is 9.64. The molecule has 1 aliphatic heterocycles. The molecule has 0 N–H and O–H groups in total. The van der Waals surface area contributed by atoms with Crippen LogP contribution in [0, 0.1) is 0 Å². The summed E-state index contributed by atoms with van der Waals surface area (Å²) in [5.74, 6) is 1.57. The SMILES string of the molecule is CCOC(=O)c1ccc(Oc2ccc3c(c2)COB3C)c(OC2CCCC2)c1. The molecule has 0 atom stereocenters. The second-order valence-corrected chi connectivity index (χ2v) is 7.32. The van der Waals surface area contributed by atoms with Gasteiger partial charge in [-0.05, 0) is 74.0 Å². The van der Waals surface area contributed by atoms with Crippen molar-refractivity contribution < 1.29 is 23.7 Å². The molecule has 5 nitrogen and oxygen atoms in total. The van der Waals surface area contributed by atoms with Gasteiger partial charge in [-0.2, -0.15) is 0 Å². The monoisotopic (exact) mass is 380 g/mol. The fourth-order valence-electron chi connectivity index (χ4n) is 3.81. The molecular formula is C22H25BO5. The summed E-state index contributed by atoms with van der Waals surface area (Å²) in [5, 5.41) is 0. The summed E-state index contributed by atoms with van der Waals surface area (Å²) in [6.45, 7) is 4.90. The van der Waals surface area contributed by atoms with Crippen molar-refractivity contribution in [2.24, 2.45) is 0 Å². The molecule has 0 unspecified atom stereocenters. The van der Waals surface area contributed by atoms with Gasteiger partial charge >= 0.3 is 12.9 Å². The molecule has 1 saturated carbocycles. The van der Waals surface area contributed by atoms with Gasteiger partial charge in [0.05, 0.1) is 24.9 Å². The van der Waals surface area contributed by atoms with Crippen LogP contribution in [0.4, 0.5) is 0 Å². The van der Waals surface area contributed by atoms with E-state index in [1.54, 1.807) is 25.1 Å². The number of carbonyl (C=O) groups excluding carboxylic acids is 1. The van der Waals surface area contributed by atoms with E-state index in [9.17, 15) is 4.79 Å². The molecular weight excluding hydrogens is 355 g/mol. The fraction of sp³-hybridized carbons (Fsp3) is 0.409. The van der Waals surface area contributed by atoms with Crippen LogP contribution in [-0.2, 0) is 16.0 Å². The Morgan fingerprint density at radius 3 is 2.75 bits per heavy atom. The van der Waals surface area contributed by atoms with E-state index < -0.39 is 0 Å². The number of rotatable bonds is 6. The van der Waals surface area contributed by atoms with Gasteiger partial charge in [-0.3, -0.25) is 0 Å². The van der Waals surface area contributed by atoms with Gasteiger partial charge < -0.3 is 18.9 Å². The minimum atomic E-state index is -0.353. The first-order chi connectivity index (χ1) is 13.6. The predicted molar refractivity (Wildman–Crippen MR) is 108 cm³/mol. The van der Waals surface area contributed by atoms with E-state index in [2.05, 4.69) is 0 Å². The third-order valence-electron chi connectivity index (χ3n) is 5.32. The summed E-state index contributed by atoms with van der Waals surface area (Å²) in [6.07, 6.45) is 4.55. The van der Waals surface area contributed by atoms with Crippen LogP contribution in [0.25, 0.3) is 0 Å². The summed E-state index contributed by atoms with van der Waals surface area (Å²) in [6, 6.07) is 11.2. The molecule has 1 fully saturated rings. The molecule has 1 aliphatic carbocycles. The van der Waals surface area contributed by atoms with Gasteiger partial charge in [0.15, 0.2) is 11.5 Å². The van der Waals surface area contributed by atoms with Crippen molar-refractivity contribution in [3.05, 3.63) is 47.5 Å². The maximum absolute atomic E-state index is 12.1. The maximum Gasteiger partial charge on any atom is 0.338 e. The largest absolute Gasteiger partial charge is 0.486 e. The zero-order valence-electron chi connectivity index (χ0n) is 16.4. The highest BCUT2D eigenvalue weighted by molar-refractivity contribution is 6.67. The summed E-state index contributed by atoms with van der Waals surface area (Å²) < 4.78 is 23.1. The van der Waals surface area contributed by atoms with Gasteiger partial charge in [-0.25, -0.2) is 4.79 Å². The van der Waals surface area contributed by atoms with Gasteiger partial charge in [-0.15, -0.1) is 0 Å².